The fraction of sp³-hybridized carbons (Fsp3) is 0. The number of nitrogen functional groups attached to an aromatic ring is 1. The first-order valence-corrected chi connectivity index (χ1v) is 5.50. The minimum atomic E-state index is -1.31. The summed E-state index contributed by atoms with van der Waals surface area (Å²) in [7, 11) is 0. The van der Waals surface area contributed by atoms with Gasteiger partial charge in [-0.25, -0.2) is 9.59 Å². The molecule has 0 aliphatic rings. The summed E-state index contributed by atoms with van der Waals surface area (Å²) in [6.45, 7) is 0. The normalized spacial score (nSPS) is 10.2. The van der Waals surface area contributed by atoms with Crippen molar-refractivity contribution in [2.75, 3.05) is 5.73 Å². The van der Waals surface area contributed by atoms with Gasteiger partial charge < -0.3 is 15.9 Å². The lowest BCUT2D eigenvalue weighted by atomic mass is 10.0. The Morgan fingerprint density at radius 1 is 1.11 bits per heavy atom. The molecule has 2 rings (SSSR count). The number of nitrogens with two attached hydrogens (primary N) is 1. The summed E-state index contributed by atoms with van der Waals surface area (Å²) in [4.78, 5) is 21.9. The number of nitrogens with zero attached hydrogens (tertiary/aromatic N) is 2. The van der Waals surface area contributed by atoms with Gasteiger partial charge in [0.1, 0.15) is 5.01 Å². The third-order valence-corrected chi connectivity index (χ3v) is 2.97. The minimum Gasteiger partial charge on any atom is -0.478 e. The van der Waals surface area contributed by atoms with Crippen molar-refractivity contribution in [1.29, 1.82) is 0 Å². The first-order valence-electron chi connectivity index (χ1n) is 4.69. The molecule has 0 aliphatic carbocycles. The third-order valence-electron chi connectivity index (χ3n) is 2.17. The molecule has 1 heterocycles. The number of benzene rings is 1. The van der Waals surface area contributed by atoms with Crippen LogP contribution in [0.5, 0.6) is 0 Å². The van der Waals surface area contributed by atoms with Crippen LogP contribution in [0.4, 0.5) is 5.13 Å². The smallest absolute Gasteiger partial charge is 0.336 e. The Morgan fingerprint density at radius 2 is 1.78 bits per heavy atom. The molecule has 7 nitrogen and oxygen atoms in total. The van der Waals surface area contributed by atoms with Crippen molar-refractivity contribution in [2.45, 2.75) is 0 Å². The van der Waals surface area contributed by atoms with E-state index in [1.54, 1.807) is 0 Å². The van der Waals surface area contributed by atoms with Crippen molar-refractivity contribution >= 4 is 28.4 Å². The van der Waals surface area contributed by atoms with Crippen LogP contribution in [-0.4, -0.2) is 32.3 Å². The standard InChI is InChI=1S/C10H7N3O4S/c11-10-13-12-7(18-10)4-1-2-5(8(14)15)6(3-4)9(16)17/h1-3H,(H2,11,13)(H,14,15)(H,16,17). The summed E-state index contributed by atoms with van der Waals surface area (Å²) in [6.07, 6.45) is 0. The average Bonchev–Trinajstić information content (AvgIpc) is 2.75. The number of carboxylic acid groups (broad SMARTS) is 2. The van der Waals surface area contributed by atoms with Crippen molar-refractivity contribution in [3.8, 4) is 10.6 Å². The van der Waals surface area contributed by atoms with Crippen LogP contribution in [0.25, 0.3) is 10.6 Å². The molecule has 4 N–H and O–H groups in total. The van der Waals surface area contributed by atoms with Crippen LogP contribution in [0.1, 0.15) is 20.7 Å². The van der Waals surface area contributed by atoms with Gasteiger partial charge in [0, 0.05) is 5.56 Å². The Kier molecular flexibility index (Phi) is 2.94. The van der Waals surface area contributed by atoms with E-state index in [9.17, 15) is 9.59 Å². The van der Waals surface area contributed by atoms with Gasteiger partial charge in [0.15, 0.2) is 0 Å². The summed E-state index contributed by atoms with van der Waals surface area (Å²) in [6, 6.07) is 3.93. The highest BCUT2D eigenvalue weighted by Gasteiger charge is 2.17. The van der Waals surface area contributed by atoms with Gasteiger partial charge in [-0.3, -0.25) is 0 Å². The lowest BCUT2D eigenvalue weighted by Gasteiger charge is -2.03. The Balaban J connectivity index is 2.56. The molecule has 0 fully saturated rings. The number of aromatic nitrogens is 2. The van der Waals surface area contributed by atoms with E-state index in [1.165, 1.54) is 18.2 Å². The number of anilines is 1. The lowest BCUT2D eigenvalue weighted by Crippen LogP contribution is -2.07. The average molecular weight is 265 g/mol. The Hall–Kier alpha value is -2.48. The van der Waals surface area contributed by atoms with E-state index in [0.29, 0.717) is 10.6 Å². The molecule has 0 amide bonds. The molecule has 1 aromatic carbocycles. The lowest BCUT2D eigenvalue weighted by molar-refractivity contribution is 0.0651. The molecule has 0 saturated heterocycles. The van der Waals surface area contributed by atoms with Gasteiger partial charge in [0.2, 0.25) is 5.13 Å². The van der Waals surface area contributed by atoms with E-state index < -0.39 is 11.9 Å². The van der Waals surface area contributed by atoms with Crippen molar-refractivity contribution in [3.05, 3.63) is 29.3 Å². The highest BCUT2D eigenvalue weighted by Crippen LogP contribution is 2.26. The van der Waals surface area contributed by atoms with Crippen molar-refractivity contribution in [1.82, 2.24) is 10.2 Å². The summed E-state index contributed by atoms with van der Waals surface area (Å²) in [5, 5.41) is 25.9. The number of rotatable bonds is 3. The van der Waals surface area contributed by atoms with Gasteiger partial charge in [-0.15, -0.1) is 10.2 Å². The first-order chi connectivity index (χ1) is 8.49. The largest absolute Gasteiger partial charge is 0.478 e. The number of aromatic carboxylic acids is 2. The van der Waals surface area contributed by atoms with Crippen LogP contribution in [-0.2, 0) is 0 Å². The third kappa shape index (κ3) is 2.13. The van der Waals surface area contributed by atoms with Crippen LogP contribution in [0.3, 0.4) is 0 Å². The van der Waals surface area contributed by atoms with Crippen molar-refractivity contribution in [2.24, 2.45) is 0 Å². The zero-order valence-electron chi connectivity index (χ0n) is 8.82. The van der Waals surface area contributed by atoms with Crippen molar-refractivity contribution in [3.63, 3.8) is 0 Å². The predicted octanol–water partition coefficient (Wildman–Crippen LogP) is 1.18. The first kappa shape index (κ1) is 12.0. The molecule has 0 spiro atoms. The maximum atomic E-state index is 11.0. The second kappa shape index (κ2) is 4.41. The van der Waals surface area contributed by atoms with Crippen LogP contribution in [0.15, 0.2) is 18.2 Å². The van der Waals surface area contributed by atoms with Gasteiger partial charge in [0.05, 0.1) is 11.1 Å². The van der Waals surface area contributed by atoms with Crippen molar-refractivity contribution < 1.29 is 19.8 Å². The monoisotopic (exact) mass is 265 g/mol. The zero-order valence-corrected chi connectivity index (χ0v) is 9.64. The quantitative estimate of drug-likeness (QED) is 0.760. The highest BCUT2D eigenvalue weighted by atomic mass is 32.1. The molecular weight excluding hydrogens is 258 g/mol. The van der Waals surface area contributed by atoms with E-state index in [1.807, 2.05) is 0 Å². The molecule has 92 valence electrons. The number of hydrogen-bond acceptors (Lipinski definition) is 6. The second-order valence-corrected chi connectivity index (χ2v) is 4.33. The molecule has 0 bridgehead atoms. The molecular formula is C10H7N3O4S. The predicted molar refractivity (Wildman–Crippen MR) is 63.7 cm³/mol. The minimum absolute atomic E-state index is 0.254. The molecule has 0 saturated carbocycles. The molecule has 8 heteroatoms. The Morgan fingerprint density at radius 3 is 2.28 bits per heavy atom. The fourth-order valence-electron chi connectivity index (χ4n) is 1.39. The maximum Gasteiger partial charge on any atom is 0.336 e. The molecule has 2 aromatic rings. The van der Waals surface area contributed by atoms with E-state index in [2.05, 4.69) is 10.2 Å². The van der Waals surface area contributed by atoms with Gasteiger partial charge in [-0.1, -0.05) is 17.4 Å². The molecule has 18 heavy (non-hydrogen) atoms. The fourth-order valence-corrected chi connectivity index (χ4v) is 2.00. The topological polar surface area (TPSA) is 126 Å². The summed E-state index contributed by atoms with van der Waals surface area (Å²) in [5.74, 6) is -2.61. The van der Waals surface area contributed by atoms with E-state index in [-0.39, 0.29) is 16.3 Å². The van der Waals surface area contributed by atoms with Crippen LogP contribution in [0, 0.1) is 0 Å². The Bertz CT molecular complexity index is 638. The molecule has 0 radical (unpaired) electrons. The molecule has 1 aromatic heterocycles. The molecule has 0 atom stereocenters. The van der Waals surface area contributed by atoms with Gasteiger partial charge >= 0.3 is 11.9 Å². The molecule has 0 aliphatic heterocycles. The second-order valence-electron chi connectivity index (χ2n) is 3.32. The number of carbonyl (C=O) groups is 2. The van der Waals surface area contributed by atoms with Crippen LogP contribution in [0.2, 0.25) is 0 Å². The molecule has 0 unspecified atom stereocenters. The maximum absolute atomic E-state index is 11.0. The number of carboxylic acids is 2. The SMILES string of the molecule is Nc1nnc(-c2ccc(C(=O)O)c(C(=O)O)c2)s1. The zero-order chi connectivity index (χ0) is 13.3. The van der Waals surface area contributed by atoms with Gasteiger partial charge in [-0.05, 0) is 12.1 Å². The van der Waals surface area contributed by atoms with Gasteiger partial charge in [0.25, 0.3) is 0 Å². The van der Waals surface area contributed by atoms with Crippen LogP contribution < -0.4 is 5.73 Å². The summed E-state index contributed by atoms with van der Waals surface area (Å²) >= 11 is 1.09. The van der Waals surface area contributed by atoms with E-state index in [0.717, 1.165) is 11.3 Å². The number of hydrogen-bond donors (Lipinski definition) is 3. The summed E-state index contributed by atoms with van der Waals surface area (Å²) in [5.41, 5.74) is 5.32. The highest BCUT2D eigenvalue weighted by molar-refractivity contribution is 7.18. The van der Waals surface area contributed by atoms with E-state index >= 15 is 0 Å². The Labute approximate surface area is 105 Å². The summed E-state index contributed by atoms with van der Waals surface area (Å²) < 4.78 is 0. The van der Waals surface area contributed by atoms with Crippen LogP contribution >= 0.6 is 11.3 Å². The van der Waals surface area contributed by atoms with E-state index in [4.69, 9.17) is 15.9 Å². The van der Waals surface area contributed by atoms with Gasteiger partial charge in [-0.2, -0.15) is 0 Å².